The van der Waals surface area contributed by atoms with Gasteiger partial charge in [-0.1, -0.05) is 18.2 Å². The quantitative estimate of drug-likeness (QED) is 0.824. The largest absolute Gasteiger partial charge is 0.497 e. The fraction of sp³-hybridized carbons (Fsp3) is 0.348. The van der Waals surface area contributed by atoms with Gasteiger partial charge >= 0.3 is 0 Å². The Morgan fingerprint density at radius 3 is 2.67 bits per heavy atom. The molecule has 1 N–H and O–H groups in total. The Balaban J connectivity index is 1.34. The van der Waals surface area contributed by atoms with E-state index in [1.807, 2.05) is 24.3 Å². The summed E-state index contributed by atoms with van der Waals surface area (Å²) < 4.78 is 5.14. The van der Waals surface area contributed by atoms with Gasteiger partial charge in [0.05, 0.1) is 19.6 Å². The van der Waals surface area contributed by atoms with Crippen molar-refractivity contribution >= 4 is 29.1 Å². The van der Waals surface area contributed by atoms with Crippen molar-refractivity contribution in [2.24, 2.45) is 5.92 Å². The minimum Gasteiger partial charge on any atom is -0.497 e. The van der Waals surface area contributed by atoms with Crippen LogP contribution in [0.3, 0.4) is 0 Å². The zero-order valence-electron chi connectivity index (χ0n) is 17.0. The van der Waals surface area contributed by atoms with Crippen LogP contribution in [0.5, 0.6) is 5.75 Å². The molecule has 7 heteroatoms. The highest BCUT2D eigenvalue weighted by Gasteiger charge is 2.35. The van der Waals surface area contributed by atoms with Crippen LogP contribution < -0.4 is 19.9 Å². The molecule has 0 spiro atoms. The van der Waals surface area contributed by atoms with E-state index in [-0.39, 0.29) is 30.7 Å². The number of nitrogens with one attached hydrogen (secondary N) is 1. The highest BCUT2D eigenvalue weighted by Crippen LogP contribution is 2.28. The normalized spacial score (nSPS) is 18.2. The van der Waals surface area contributed by atoms with E-state index in [0.717, 1.165) is 29.8 Å². The van der Waals surface area contributed by atoms with Crippen molar-refractivity contribution in [1.29, 1.82) is 0 Å². The summed E-state index contributed by atoms with van der Waals surface area (Å²) in [7, 11) is 1.58. The van der Waals surface area contributed by atoms with E-state index >= 15 is 0 Å². The predicted molar refractivity (Wildman–Crippen MR) is 114 cm³/mol. The molecule has 0 radical (unpaired) electrons. The molecule has 2 aliphatic heterocycles. The van der Waals surface area contributed by atoms with Gasteiger partial charge in [0.2, 0.25) is 17.7 Å². The smallest absolute Gasteiger partial charge is 0.246 e. The zero-order valence-corrected chi connectivity index (χ0v) is 17.0. The number of hydrogen-bond acceptors (Lipinski definition) is 4. The molecule has 0 bridgehead atoms. The molecule has 0 aromatic heterocycles. The number of para-hydroxylation sites is 1. The van der Waals surface area contributed by atoms with E-state index in [1.165, 1.54) is 0 Å². The average Bonchev–Trinajstić information content (AvgIpc) is 3.18. The summed E-state index contributed by atoms with van der Waals surface area (Å²) >= 11 is 0. The number of rotatable bonds is 5. The lowest BCUT2D eigenvalue weighted by molar-refractivity contribution is -0.128. The maximum absolute atomic E-state index is 12.7. The van der Waals surface area contributed by atoms with Gasteiger partial charge in [0.15, 0.2) is 0 Å². The highest BCUT2D eigenvalue weighted by atomic mass is 16.5. The number of methoxy groups -OCH3 is 1. The number of anilines is 2. The maximum atomic E-state index is 12.7. The Morgan fingerprint density at radius 1 is 1.13 bits per heavy atom. The van der Waals surface area contributed by atoms with Gasteiger partial charge < -0.3 is 19.9 Å². The molecule has 2 aromatic carbocycles. The van der Waals surface area contributed by atoms with E-state index in [9.17, 15) is 14.4 Å². The number of fused-ring (bicyclic) bond motifs is 1. The fourth-order valence-corrected chi connectivity index (χ4v) is 4.09. The van der Waals surface area contributed by atoms with Crippen LogP contribution in [0.1, 0.15) is 18.4 Å². The van der Waals surface area contributed by atoms with Gasteiger partial charge in [0.25, 0.3) is 0 Å². The van der Waals surface area contributed by atoms with Crippen molar-refractivity contribution in [2.75, 3.05) is 36.5 Å². The van der Waals surface area contributed by atoms with E-state index in [0.29, 0.717) is 18.8 Å². The standard InChI is InChI=1S/C23H25N3O4/c1-30-19-10-8-18(9-11-19)26-15-17(13-21(26)27)23(29)24-14-22(28)25-12-4-6-16-5-2-3-7-20(16)25/h2-3,5,7-11,17H,4,6,12-15H2,1H3,(H,24,29)/t17-/m1/s1. The van der Waals surface area contributed by atoms with E-state index < -0.39 is 5.92 Å². The summed E-state index contributed by atoms with van der Waals surface area (Å²) in [6.07, 6.45) is 2.00. The third-order valence-corrected chi connectivity index (χ3v) is 5.71. The van der Waals surface area contributed by atoms with Gasteiger partial charge in [-0.05, 0) is 48.7 Å². The van der Waals surface area contributed by atoms with Gasteiger partial charge in [0, 0.05) is 30.9 Å². The van der Waals surface area contributed by atoms with Crippen molar-refractivity contribution in [3.63, 3.8) is 0 Å². The van der Waals surface area contributed by atoms with Crippen LogP contribution >= 0.6 is 0 Å². The first-order valence-electron chi connectivity index (χ1n) is 10.2. The molecule has 0 aliphatic carbocycles. The lowest BCUT2D eigenvalue weighted by Gasteiger charge is -2.29. The lowest BCUT2D eigenvalue weighted by Crippen LogP contribution is -2.44. The zero-order chi connectivity index (χ0) is 21.1. The van der Waals surface area contributed by atoms with E-state index in [4.69, 9.17) is 4.74 Å². The molecule has 1 saturated heterocycles. The van der Waals surface area contributed by atoms with Crippen LogP contribution in [0.15, 0.2) is 48.5 Å². The van der Waals surface area contributed by atoms with E-state index in [2.05, 4.69) is 5.32 Å². The maximum Gasteiger partial charge on any atom is 0.246 e. The summed E-state index contributed by atoms with van der Waals surface area (Å²) in [5.74, 6) is -0.264. The van der Waals surface area contributed by atoms with Crippen LogP contribution in [0.25, 0.3) is 0 Å². The van der Waals surface area contributed by atoms with Crippen molar-refractivity contribution < 1.29 is 19.1 Å². The second-order valence-corrected chi connectivity index (χ2v) is 7.60. The highest BCUT2D eigenvalue weighted by molar-refractivity contribution is 6.02. The molecule has 2 aliphatic rings. The molecular formula is C23H25N3O4. The molecule has 1 fully saturated rings. The first-order valence-corrected chi connectivity index (χ1v) is 10.2. The first-order chi connectivity index (χ1) is 14.6. The molecule has 2 heterocycles. The molecule has 2 aromatic rings. The van der Waals surface area contributed by atoms with Gasteiger partial charge in [-0.3, -0.25) is 14.4 Å². The molecular weight excluding hydrogens is 382 g/mol. The molecule has 4 rings (SSSR count). The Bertz CT molecular complexity index is 957. The van der Waals surface area contributed by atoms with Crippen molar-refractivity contribution in [3.8, 4) is 5.75 Å². The molecule has 1 atom stereocenters. The molecule has 3 amide bonds. The van der Waals surface area contributed by atoms with Crippen LogP contribution in [-0.4, -0.2) is 44.5 Å². The topological polar surface area (TPSA) is 79.0 Å². The number of carbonyl (C=O) groups excluding carboxylic acids is 3. The van der Waals surface area contributed by atoms with Crippen LogP contribution in [0.2, 0.25) is 0 Å². The van der Waals surface area contributed by atoms with Crippen molar-refractivity contribution in [1.82, 2.24) is 5.32 Å². The molecule has 30 heavy (non-hydrogen) atoms. The number of amides is 3. The summed E-state index contributed by atoms with van der Waals surface area (Å²) in [5.41, 5.74) is 2.81. The predicted octanol–water partition coefficient (Wildman–Crippen LogP) is 2.14. The minimum absolute atomic E-state index is 0.0691. The first kappa shape index (κ1) is 19.9. The second-order valence-electron chi connectivity index (χ2n) is 7.60. The second kappa shape index (κ2) is 8.57. The number of benzene rings is 2. The van der Waals surface area contributed by atoms with Crippen LogP contribution in [-0.2, 0) is 20.8 Å². The van der Waals surface area contributed by atoms with E-state index in [1.54, 1.807) is 41.2 Å². The summed E-state index contributed by atoms with van der Waals surface area (Å²) in [5, 5.41) is 2.73. The summed E-state index contributed by atoms with van der Waals surface area (Å²) in [6, 6.07) is 15.0. The SMILES string of the molecule is COc1ccc(N2C[C@H](C(=O)NCC(=O)N3CCCc4ccccc43)CC2=O)cc1. The number of aryl methyl sites for hydroxylation is 1. The molecule has 7 nitrogen and oxygen atoms in total. The molecule has 0 unspecified atom stereocenters. The molecule has 0 saturated carbocycles. The number of ether oxygens (including phenoxy) is 1. The number of nitrogens with zero attached hydrogens (tertiary/aromatic N) is 2. The lowest BCUT2D eigenvalue weighted by atomic mass is 10.0. The Labute approximate surface area is 175 Å². The number of hydrogen-bond donors (Lipinski definition) is 1. The number of carbonyl (C=O) groups is 3. The van der Waals surface area contributed by atoms with Crippen LogP contribution in [0.4, 0.5) is 11.4 Å². The Morgan fingerprint density at radius 2 is 1.90 bits per heavy atom. The van der Waals surface area contributed by atoms with Crippen molar-refractivity contribution in [3.05, 3.63) is 54.1 Å². The average molecular weight is 407 g/mol. The van der Waals surface area contributed by atoms with Gasteiger partial charge in [-0.2, -0.15) is 0 Å². The van der Waals surface area contributed by atoms with Gasteiger partial charge in [-0.15, -0.1) is 0 Å². The van der Waals surface area contributed by atoms with Gasteiger partial charge in [0.1, 0.15) is 5.75 Å². The fourth-order valence-electron chi connectivity index (χ4n) is 4.09. The Hall–Kier alpha value is -3.35. The van der Waals surface area contributed by atoms with Gasteiger partial charge in [-0.25, -0.2) is 0 Å². The van der Waals surface area contributed by atoms with Crippen molar-refractivity contribution in [2.45, 2.75) is 19.3 Å². The summed E-state index contributed by atoms with van der Waals surface area (Å²) in [6.45, 7) is 0.886. The Kier molecular flexibility index (Phi) is 5.70. The summed E-state index contributed by atoms with van der Waals surface area (Å²) in [4.78, 5) is 41.1. The van der Waals surface area contributed by atoms with Crippen LogP contribution in [0, 0.1) is 5.92 Å². The monoisotopic (exact) mass is 407 g/mol. The molecule has 156 valence electrons. The third-order valence-electron chi connectivity index (χ3n) is 5.71. The third kappa shape index (κ3) is 4.01. The minimum atomic E-state index is -0.471.